The summed E-state index contributed by atoms with van der Waals surface area (Å²) in [5.74, 6) is -0.524. The number of carbonyl (C=O) groups is 2. The summed E-state index contributed by atoms with van der Waals surface area (Å²) in [5, 5.41) is 0. The van der Waals surface area contributed by atoms with E-state index >= 15 is 0 Å². The first-order valence-electron chi connectivity index (χ1n) is 10.6. The Morgan fingerprint density at radius 3 is 2.88 bits per heavy atom. The molecule has 2 aliphatic rings. The first-order chi connectivity index (χ1) is 15.7. The van der Waals surface area contributed by atoms with Gasteiger partial charge in [-0.2, -0.15) is 0 Å². The molecule has 2 aromatic carbocycles. The number of carbonyl (C=O) groups excluding carboxylic acids is 2. The van der Waals surface area contributed by atoms with E-state index in [1.807, 2.05) is 42.5 Å². The molecule has 3 heterocycles. The molecule has 3 aromatic rings. The van der Waals surface area contributed by atoms with Crippen molar-refractivity contribution in [1.29, 1.82) is 0 Å². The molecule has 6 nitrogen and oxygen atoms in total. The van der Waals surface area contributed by atoms with Gasteiger partial charge in [0.15, 0.2) is 0 Å². The van der Waals surface area contributed by atoms with Gasteiger partial charge in [0.2, 0.25) is 0 Å². The number of benzene rings is 2. The van der Waals surface area contributed by atoms with Crippen molar-refractivity contribution in [2.75, 3.05) is 18.1 Å². The van der Waals surface area contributed by atoms with Gasteiger partial charge in [-0.05, 0) is 54.8 Å². The summed E-state index contributed by atoms with van der Waals surface area (Å²) in [4.78, 5) is 34.0. The molecule has 0 saturated carbocycles. The average Bonchev–Trinajstić information content (AvgIpc) is 3.32. The Hall–Kier alpha value is -3.16. The summed E-state index contributed by atoms with van der Waals surface area (Å²) < 4.78 is 11.0. The number of hydrogen-bond donors (Lipinski definition) is 0. The SMILES string of the molecule is O=C(OC[C@@H]1CCCO1)c1ccc2c(c1)N(Cc1cccnc1)C(=O)c1ccccc1S2. The molecule has 0 unspecified atom stereocenters. The fourth-order valence-electron chi connectivity index (χ4n) is 3.91. The van der Waals surface area contributed by atoms with E-state index in [9.17, 15) is 9.59 Å². The van der Waals surface area contributed by atoms with E-state index < -0.39 is 5.97 Å². The minimum atomic E-state index is -0.413. The molecule has 2 aliphatic heterocycles. The number of nitrogens with zero attached hydrogens (tertiary/aromatic N) is 2. The van der Waals surface area contributed by atoms with Crippen molar-refractivity contribution < 1.29 is 19.1 Å². The summed E-state index contributed by atoms with van der Waals surface area (Å²) >= 11 is 1.53. The maximum absolute atomic E-state index is 13.5. The number of esters is 1. The molecule has 7 heteroatoms. The zero-order valence-corrected chi connectivity index (χ0v) is 18.2. The van der Waals surface area contributed by atoms with Crippen LogP contribution < -0.4 is 4.90 Å². The Morgan fingerprint density at radius 2 is 2.06 bits per heavy atom. The number of rotatable bonds is 5. The van der Waals surface area contributed by atoms with Crippen LogP contribution in [0.25, 0.3) is 0 Å². The number of pyridine rings is 1. The highest BCUT2D eigenvalue weighted by atomic mass is 32.2. The Balaban J connectivity index is 1.49. The second-order valence-corrected chi connectivity index (χ2v) is 8.85. The summed E-state index contributed by atoms with van der Waals surface area (Å²) in [6.45, 7) is 1.31. The predicted molar refractivity (Wildman–Crippen MR) is 121 cm³/mol. The second kappa shape index (κ2) is 9.14. The van der Waals surface area contributed by atoms with Crippen LogP contribution in [0.1, 0.15) is 39.1 Å². The smallest absolute Gasteiger partial charge is 0.338 e. The topological polar surface area (TPSA) is 68.7 Å². The molecule has 0 N–H and O–H groups in total. The largest absolute Gasteiger partial charge is 0.459 e. The molecule has 5 rings (SSSR count). The molecule has 1 aromatic heterocycles. The number of anilines is 1. The van der Waals surface area contributed by atoms with Gasteiger partial charge in [-0.3, -0.25) is 9.78 Å². The second-order valence-electron chi connectivity index (χ2n) is 7.77. The van der Waals surface area contributed by atoms with Gasteiger partial charge in [0.25, 0.3) is 5.91 Å². The van der Waals surface area contributed by atoms with Crippen molar-refractivity contribution in [3.63, 3.8) is 0 Å². The maximum Gasteiger partial charge on any atom is 0.338 e. The van der Waals surface area contributed by atoms with E-state index in [1.165, 1.54) is 11.8 Å². The van der Waals surface area contributed by atoms with Gasteiger partial charge in [0.1, 0.15) is 6.61 Å². The van der Waals surface area contributed by atoms with Crippen molar-refractivity contribution in [3.8, 4) is 0 Å². The minimum absolute atomic E-state index is 0.0338. The van der Waals surface area contributed by atoms with Crippen LogP contribution in [0.5, 0.6) is 0 Å². The number of ether oxygens (including phenoxy) is 2. The summed E-state index contributed by atoms with van der Waals surface area (Å²) in [5.41, 5.74) is 2.64. The van der Waals surface area contributed by atoms with Crippen LogP contribution in [0.15, 0.2) is 76.8 Å². The lowest BCUT2D eigenvalue weighted by molar-refractivity contribution is 0.0161. The highest BCUT2D eigenvalue weighted by Crippen LogP contribution is 2.42. The monoisotopic (exact) mass is 446 g/mol. The Labute approximate surface area is 190 Å². The van der Waals surface area contributed by atoms with Crippen LogP contribution in [-0.4, -0.2) is 36.2 Å². The third-order valence-electron chi connectivity index (χ3n) is 5.56. The molecule has 1 fully saturated rings. The highest BCUT2D eigenvalue weighted by Gasteiger charge is 2.28. The predicted octanol–water partition coefficient (Wildman–Crippen LogP) is 4.73. The molecule has 0 aliphatic carbocycles. The lowest BCUT2D eigenvalue weighted by Crippen LogP contribution is -2.30. The van der Waals surface area contributed by atoms with Gasteiger partial charge in [-0.1, -0.05) is 30.0 Å². The molecule has 0 spiro atoms. The molecule has 162 valence electrons. The quantitative estimate of drug-likeness (QED) is 0.528. The van der Waals surface area contributed by atoms with E-state index in [1.54, 1.807) is 29.4 Å². The summed E-state index contributed by atoms with van der Waals surface area (Å²) in [6.07, 6.45) is 5.31. The fraction of sp³-hybridized carbons (Fsp3) is 0.240. The fourth-order valence-corrected chi connectivity index (χ4v) is 4.96. The van der Waals surface area contributed by atoms with Gasteiger partial charge >= 0.3 is 5.97 Å². The van der Waals surface area contributed by atoms with Crippen molar-refractivity contribution in [3.05, 3.63) is 83.7 Å². The van der Waals surface area contributed by atoms with Gasteiger partial charge in [0.05, 0.1) is 29.5 Å². The Kier molecular flexibility index (Phi) is 5.92. The van der Waals surface area contributed by atoms with Gasteiger partial charge in [-0.25, -0.2) is 4.79 Å². The maximum atomic E-state index is 13.5. The highest BCUT2D eigenvalue weighted by molar-refractivity contribution is 7.99. The molecule has 0 radical (unpaired) electrons. The molecular formula is C25H22N2O4S. The van der Waals surface area contributed by atoms with E-state index in [-0.39, 0.29) is 18.6 Å². The Morgan fingerprint density at radius 1 is 1.16 bits per heavy atom. The Bertz CT molecular complexity index is 1150. The molecule has 1 saturated heterocycles. The van der Waals surface area contributed by atoms with Crippen LogP contribution in [0, 0.1) is 0 Å². The zero-order chi connectivity index (χ0) is 21.9. The third-order valence-corrected chi connectivity index (χ3v) is 6.70. The van der Waals surface area contributed by atoms with Crippen LogP contribution >= 0.6 is 11.8 Å². The van der Waals surface area contributed by atoms with Crippen molar-refractivity contribution in [2.45, 2.75) is 35.3 Å². The number of fused-ring (bicyclic) bond motifs is 2. The van der Waals surface area contributed by atoms with Crippen LogP contribution in [0.4, 0.5) is 5.69 Å². The van der Waals surface area contributed by atoms with Crippen LogP contribution in [-0.2, 0) is 16.0 Å². The molecular weight excluding hydrogens is 424 g/mol. The zero-order valence-electron chi connectivity index (χ0n) is 17.4. The minimum Gasteiger partial charge on any atom is -0.459 e. The van der Waals surface area contributed by atoms with Gasteiger partial charge in [-0.15, -0.1) is 0 Å². The lowest BCUT2D eigenvalue weighted by atomic mass is 10.1. The summed E-state index contributed by atoms with van der Waals surface area (Å²) in [7, 11) is 0. The number of hydrogen-bond acceptors (Lipinski definition) is 6. The third kappa shape index (κ3) is 4.26. The molecule has 32 heavy (non-hydrogen) atoms. The molecule has 1 amide bonds. The van der Waals surface area contributed by atoms with Crippen molar-refractivity contribution in [2.24, 2.45) is 0 Å². The van der Waals surface area contributed by atoms with Crippen LogP contribution in [0.2, 0.25) is 0 Å². The lowest BCUT2D eigenvalue weighted by Gasteiger charge is -2.23. The van der Waals surface area contributed by atoms with E-state index in [0.717, 1.165) is 28.2 Å². The number of aromatic nitrogens is 1. The number of amides is 1. The first kappa shape index (κ1) is 20.7. The van der Waals surface area contributed by atoms with Crippen molar-refractivity contribution >= 4 is 29.3 Å². The van der Waals surface area contributed by atoms with E-state index in [0.29, 0.717) is 30.0 Å². The van der Waals surface area contributed by atoms with E-state index in [2.05, 4.69) is 4.98 Å². The molecule has 1 atom stereocenters. The summed E-state index contributed by atoms with van der Waals surface area (Å²) in [6, 6.07) is 16.7. The normalized spacial score (nSPS) is 17.4. The van der Waals surface area contributed by atoms with E-state index in [4.69, 9.17) is 9.47 Å². The average molecular weight is 447 g/mol. The molecule has 0 bridgehead atoms. The standard InChI is InChI=1S/C25H22N2O4S/c28-24-20-7-1-2-8-22(20)32-23-10-9-18(25(29)31-16-19-6-4-12-30-19)13-21(23)27(24)15-17-5-3-11-26-14-17/h1-3,5,7-11,13-14,19H,4,6,12,15-16H2/t19-/m0/s1. The first-order valence-corrected chi connectivity index (χ1v) is 11.4. The van der Waals surface area contributed by atoms with Gasteiger partial charge in [0, 0.05) is 28.8 Å². The van der Waals surface area contributed by atoms with Crippen LogP contribution in [0.3, 0.4) is 0 Å². The van der Waals surface area contributed by atoms with Gasteiger partial charge < -0.3 is 14.4 Å². The van der Waals surface area contributed by atoms with Crippen molar-refractivity contribution in [1.82, 2.24) is 4.98 Å².